The number of hydrogen-bond donors (Lipinski definition) is 1. The van der Waals surface area contributed by atoms with Crippen LogP contribution < -0.4 is 5.32 Å². The largest absolute Gasteiger partial charge is 0.317 e. The normalized spacial score (nSPS) is 26.9. The summed E-state index contributed by atoms with van der Waals surface area (Å²) in [6, 6.07) is 1.08. The third-order valence-electron chi connectivity index (χ3n) is 3.30. The number of nitrogens with one attached hydrogen (secondary N) is 1. The van der Waals surface area contributed by atoms with Crippen LogP contribution in [0.25, 0.3) is 0 Å². The van der Waals surface area contributed by atoms with Crippen molar-refractivity contribution < 1.29 is 0 Å². The molecule has 3 nitrogen and oxygen atoms in total. The molecule has 1 aliphatic rings. The van der Waals surface area contributed by atoms with Gasteiger partial charge in [-0.05, 0) is 39.7 Å². The van der Waals surface area contributed by atoms with Gasteiger partial charge in [0.15, 0.2) is 0 Å². The summed E-state index contributed by atoms with van der Waals surface area (Å²) < 4.78 is 1.99. The highest BCUT2D eigenvalue weighted by atomic mass is 35.5. The maximum atomic E-state index is 6.21. The molecule has 2 atom stereocenters. The van der Waals surface area contributed by atoms with E-state index in [1.54, 1.807) is 0 Å². The van der Waals surface area contributed by atoms with E-state index in [4.69, 9.17) is 11.6 Å². The van der Waals surface area contributed by atoms with Crippen molar-refractivity contribution in [1.82, 2.24) is 15.1 Å². The third kappa shape index (κ3) is 2.18. The first-order valence-corrected chi connectivity index (χ1v) is 5.97. The smallest absolute Gasteiger partial charge is 0.130 e. The van der Waals surface area contributed by atoms with E-state index in [0.29, 0.717) is 12.1 Å². The monoisotopic (exact) mass is 227 g/mol. The summed E-state index contributed by atoms with van der Waals surface area (Å²) in [4.78, 5) is 0. The highest BCUT2D eigenvalue weighted by Gasteiger charge is 2.24. The molecule has 15 heavy (non-hydrogen) atoms. The van der Waals surface area contributed by atoms with Crippen LogP contribution in [0.5, 0.6) is 0 Å². The summed E-state index contributed by atoms with van der Waals surface area (Å²) in [6.45, 7) is 2.00. The maximum Gasteiger partial charge on any atom is 0.130 e. The molecule has 0 aromatic carbocycles. The summed E-state index contributed by atoms with van der Waals surface area (Å²) >= 11 is 6.21. The van der Waals surface area contributed by atoms with E-state index in [9.17, 15) is 0 Å². The summed E-state index contributed by atoms with van der Waals surface area (Å²) in [5, 5.41) is 8.51. The molecule has 4 heteroatoms. The van der Waals surface area contributed by atoms with E-state index in [-0.39, 0.29) is 0 Å². The molecule has 84 valence electrons. The van der Waals surface area contributed by atoms with Gasteiger partial charge in [-0.2, -0.15) is 5.10 Å². The van der Waals surface area contributed by atoms with Gasteiger partial charge in [-0.1, -0.05) is 11.6 Å². The Morgan fingerprint density at radius 1 is 1.53 bits per heavy atom. The molecule has 1 heterocycles. The standard InChI is InChI=1S/C11H18ClN3/c1-8-7-14-15(11(8)12)10-5-3-4-9(6-10)13-2/h7,9-10,13H,3-6H2,1-2H3. The molecule has 0 spiro atoms. The molecule has 2 rings (SSSR count). The van der Waals surface area contributed by atoms with Gasteiger partial charge in [-0.3, -0.25) is 4.68 Å². The number of aryl methyl sites for hydroxylation is 1. The first-order chi connectivity index (χ1) is 7.22. The number of nitrogens with zero attached hydrogens (tertiary/aromatic N) is 2. The van der Waals surface area contributed by atoms with Crippen molar-refractivity contribution in [3.63, 3.8) is 0 Å². The van der Waals surface area contributed by atoms with Crippen LogP contribution in [-0.4, -0.2) is 22.9 Å². The van der Waals surface area contributed by atoms with Crippen LogP contribution in [0.15, 0.2) is 6.20 Å². The third-order valence-corrected chi connectivity index (χ3v) is 3.77. The first kappa shape index (κ1) is 11.0. The molecule has 0 radical (unpaired) electrons. The van der Waals surface area contributed by atoms with Crippen molar-refractivity contribution in [2.24, 2.45) is 0 Å². The summed E-state index contributed by atoms with van der Waals surface area (Å²) in [5.74, 6) is 0. The van der Waals surface area contributed by atoms with Crippen molar-refractivity contribution in [2.75, 3.05) is 7.05 Å². The molecule has 0 amide bonds. The topological polar surface area (TPSA) is 29.9 Å². The van der Waals surface area contributed by atoms with E-state index < -0.39 is 0 Å². The molecule has 2 unspecified atom stereocenters. The van der Waals surface area contributed by atoms with Gasteiger partial charge in [0.05, 0.1) is 12.2 Å². The van der Waals surface area contributed by atoms with Crippen LogP contribution in [-0.2, 0) is 0 Å². The van der Waals surface area contributed by atoms with Crippen molar-refractivity contribution in [3.8, 4) is 0 Å². The number of hydrogen-bond acceptors (Lipinski definition) is 2. The van der Waals surface area contributed by atoms with E-state index in [2.05, 4.69) is 10.4 Å². The molecular weight excluding hydrogens is 210 g/mol. The Bertz CT molecular complexity index is 335. The molecule has 1 saturated carbocycles. The van der Waals surface area contributed by atoms with Gasteiger partial charge in [-0.15, -0.1) is 0 Å². The maximum absolute atomic E-state index is 6.21. The Balaban J connectivity index is 2.13. The lowest BCUT2D eigenvalue weighted by Crippen LogP contribution is -2.32. The van der Waals surface area contributed by atoms with E-state index >= 15 is 0 Å². The van der Waals surface area contributed by atoms with Gasteiger partial charge >= 0.3 is 0 Å². The molecular formula is C11H18ClN3. The summed E-state index contributed by atoms with van der Waals surface area (Å²) in [6.07, 6.45) is 6.71. The summed E-state index contributed by atoms with van der Waals surface area (Å²) in [7, 11) is 2.03. The molecule has 0 saturated heterocycles. The van der Waals surface area contributed by atoms with Gasteiger partial charge in [-0.25, -0.2) is 0 Å². The second kappa shape index (κ2) is 4.54. The van der Waals surface area contributed by atoms with E-state index in [1.165, 1.54) is 19.3 Å². The predicted molar refractivity (Wildman–Crippen MR) is 62.3 cm³/mol. The van der Waals surface area contributed by atoms with E-state index in [0.717, 1.165) is 17.1 Å². The molecule has 1 aromatic heterocycles. The fourth-order valence-corrected chi connectivity index (χ4v) is 2.57. The lowest BCUT2D eigenvalue weighted by atomic mass is 9.91. The fourth-order valence-electron chi connectivity index (χ4n) is 2.34. The lowest BCUT2D eigenvalue weighted by molar-refractivity contribution is 0.279. The molecule has 1 fully saturated rings. The minimum Gasteiger partial charge on any atom is -0.317 e. The Morgan fingerprint density at radius 3 is 2.93 bits per heavy atom. The average molecular weight is 228 g/mol. The van der Waals surface area contributed by atoms with Crippen LogP contribution in [0.3, 0.4) is 0 Å². The van der Waals surface area contributed by atoms with Crippen LogP contribution in [0.1, 0.15) is 37.3 Å². The molecule has 1 aromatic rings. The number of halogens is 1. The van der Waals surface area contributed by atoms with Gasteiger partial charge in [0.1, 0.15) is 5.15 Å². The molecule has 0 bridgehead atoms. The molecule has 1 aliphatic carbocycles. The number of aromatic nitrogens is 2. The zero-order chi connectivity index (χ0) is 10.8. The Morgan fingerprint density at radius 2 is 2.33 bits per heavy atom. The van der Waals surface area contributed by atoms with Crippen LogP contribution in [0, 0.1) is 6.92 Å². The second-order valence-electron chi connectivity index (χ2n) is 4.37. The quantitative estimate of drug-likeness (QED) is 0.842. The zero-order valence-corrected chi connectivity index (χ0v) is 10.1. The number of rotatable bonds is 2. The van der Waals surface area contributed by atoms with E-state index in [1.807, 2.05) is 24.9 Å². The minimum atomic E-state index is 0.470. The Labute approximate surface area is 95.8 Å². The van der Waals surface area contributed by atoms with Crippen LogP contribution >= 0.6 is 11.6 Å². The zero-order valence-electron chi connectivity index (χ0n) is 9.33. The highest BCUT2D eigenvalue weighted by molar-refractivity contribution is 6.30. The Kier molecular flexibility index (Phi) is 3.32. The highest BCUT2D eigenvalue weighted by Crippen LogP contribution is 2.31. The molecule has 0 aliphatic heterocycles. The first-order valence-electron chi connectivity index (χ1n) is 5.59. The lowest BCUT2D eigenvalue weighted by Gasteiger charge is -2.29. The van der Waals surface area contributed by atoms with Crippen molar-refractivity contribution in [1.29, 1.82) is 0 Å². The Hall–Kier alpha value is -0.540. The predicted octanol–water partition coefficient (Wildman–Crippen LogP) is 2.55. The second-order valence-corrected chi connectivity index (χ2v) is 4.73. The van der Waals surface area contributed by atoms with Gasteiger partial charge < -0.3 is 5.32 Å². The van der Waals surface area contributed by atoms with Crippen LogP contribution in [0.2, 0.25) is 5.15 Å². The van der Waals surface area contributed by atoms with Gasteiger partial charge in [0.2, 0.25) is 0 Å². The van der Waals surface area contributed by atoms with Gasteiger partial charge in [0, 0.05) is 11.6 Å². The summed E-state index contributed by atoms with van der Waals surface area (Å²) in [5.41, 5.74) is 1.07. The fraction of sp³-hybridized carbons (Fsp3) is 0.727. The van der Waals surface area contributed by atoms with Crippen LogP contribution in [0.4, 0.5) is 0 Å². The average Bonchev–Trinajstić information content (AvgIpc) is 2.60. The van der Waals surface area contributed by atoms with Crippen molar-refractivity contribution in [3.05, 3.63) is 16.9 Å². The SMILES string of the molecule is CNC1CCCC(n2ncc(C)c2Cl)C1. The van der Waals surface area contributed by atoms with Crippen molar-refractivity contribution in [2.45, 2.75) is 44.7 Å². The van der Waals surface area contributed by atoms with Gasteiger partial charge in [0.25, 0.3) is 0 Å². The molecule has 1 N–H and O–H groups in total. The van der Waals surface area contributed by atoms with Crippen molar-refractivity contribution >= 4 is 11.6 Å². The minimum absolute atomic E-state index is 0.470.